The summed E-state index contributed by atoms with van der Waals surface area (Å²) in [5, 5.41) is 11.2. The summed E-state index contributed by atoms with van der Waals surface area (Å²) >= 11 is 0. The standard InChI is InChI=1S/C14H24O3/c1-4-16-11-7-8-14(15)9(2)10-5-6-12(17-10)13(11,14)3/h9-12,15H,4-8H2,1-3H3/t9-,10+,11+,12-,13-,14-/m0/s1. The lowest BCUT2D eigenvalue weighted by Gasteiger charge is -2.53. The van der Waals surface area contributed by atoms with Crippen LogP contribution >= 0.6 is 0 Å². The fourth-order valence-corrected chi connectivity index (χ4v) is 4.64. The lowest BCUT2D eigenvalue weighted by molar-refractivity contribution is -0.247. The molecule has 2 aliphatic heterocycles. The summed E-state index contributed by atoms with van der Waals surface area (Å²) in [5.41, 5.74) is -0.799. The molecule has 0 aromatic rings. The van der Waals surface area contributed by atoms with Crippen molar-refractivity contribution in [1.82, 2.24) is 0 Å². The Balaban J connectivity index is 2.00. The first kappa shape index (κ1) is 11.9. The van der Waals surface area contributed by atoms with Crippen LogP contribution in [-0.4, -0.2) is 35.6 Å². The summed E-state index contributed by atoms with van der Waals surface area (Å²) in [6, 6.07) is 0. The third-order valence-corrected chi connectivity index (χ3v) is 5.79. The van der Waals surface area contributed by atoms with E-state index in [0.29, 0.717) is 0 Å². The van der Waals surface area contributed by atoms with Gasteiger partial charge in [0.15, 0.2) is 0 Å². The van der Waals surface area contributed by atoms with Crippen molar-refractivity contribution in [1.29, 1.82) is 0 Å². The van der Waals surface area contributed by atoms with Crippen LogP contribution < -0.4 is 0 Å². The molecule has 1 saturated carbocycles. The van der Waals surface area contributed by atoms with Gasteiger partial charge < -0.3 is 14.6 Å². The van der Waals surface area contributed by atoms with Gasteiger partial charge in [-0.15, -0.1) is 0 Å². The molecule has 3 nitrogen and oxygen atoms in total. The number of fused-ring (bicyclic) bond motifs is 4. The van der Waals surface area contributed by atoms with Crippen LogP contribution in [0.5, 0.6) is 0 Å². The molecule has 3 rings (SSSR count). The molecule has 3 fully saturated rings. The fraction of sp³-hybridized carbons (Fsp3) is 1.00. The van der Waals surface area contributed by atoms with E-state index in [-0.39, 0.29) is 29.6 Å². The van der Waals surface area contributed by atoms with E-state index in [0.717, 1.165) is 32.3 Å². The highest BCUT2D eigenvalue weighted by Gasteiger charge is 2.69. The molecular formula is C14H24O3. The van der Waals surface area contributed by atoms with Crippen molar-refractivity contribution in [3.63, 3.8) is 0 Å². The van der Waals surface area contributed by atoms with Gasteiger partial charge in [-0.05, 0) is 32.6 Å². The Morgan fingerprint density at radius 3 is 2.82 bits per heavy atom. The first-order chi connectivity index (χ1) is 8.04. The van der Waals surface area contributed by atoms with Gasteiger partial charge >= 0.3 is 0 Å². The van der Waals surface area contributed by atoms with Gasteiger partial charge in [-0.25, -0.2) is 0 Å². The monoisotopic (exact) mass is 240 g/mol. The maximum absolute atomic E-state index is 11.2. The molecule has 1 N–H and O–H groups in total. The zero-order valence-electron chi connectivity index (χ0n) is 11.1. The maximum atomic E-state index is 11.2. The van der Waals surface area contributed by atoms with E-state index in [1.807, 2.05) is 6.92 Å². The van der Waals surface area contributed by atoms with Gasteiger partial charge in [0.1, 0.15) is 0 Å². The van der Waals surface area contributed by atoms with Gasteiger partial charge in [-0.1, -0.05) is 13.8 Å². The van der Waals surface area contributed by atoms with E-state index in [9.17, 15) is 5.11 Å². The summed E-state index contributed by atoms with van der Waals surface area (Å²) in [4.78, 5) is 0. The number of aliphatic hydroxyl groups is 1. The molecule has 3 heteroatoms. The molecule has 0 aromatic carbocycles. The lowest BCUT2D eigenvalue weighted by Crippen LogP contribution is -2.62. The molecule has 0 amide bonds. The Kier molecular flexibility index (Phi) is 2.59. The molecule has 6 atom stereocenters. The van der Waals surface area contributed by atoms with E-state index in [2.05, 4.69) is 13.8 Å². The summed E-state index contributed by atoms with van der Waals surface area (Å²) in [7, 11) is 0. The highest BCUT2D eigenvalue weighted by atomic mass is 16.5. The highest BCUT2D eigenvalue weighted by Crippen LogP contribution is 2.61. The SMILES string of the molecule is CCO[C@@H]1CC[C@]2(O)[C@@H](C)[C@H]3CC[C@H](O3)[C@]12C. The zero-order chi connectivity index (χ0) is 12.3. The van der Waals surface area contributed by atoms with E-state index < -0.39 is 5.60 Å². The van der Waals surface area contributed by atoms with E-state index in [1.165, 1.54) is 0 Å². The van der Waals surface area contributed by atoms with Crippen molar-refractivity contribution in [3.05, 3.63) is 0 Å². The van der Waals surface area contributed by atoms with Crippen LogP contribution in [0.4, 0.5) is 0 Å². The van der Waals surface area contributed by atoms with Crippen molar-refractivity contribution in [3.8, 4) is 0 Å². The molecule has 0 unspecified atom stereocenters. The average molecular weight is 240 g/mol. The number of rotatable bonds is 2. The molecule has 3 aliphatic rings. The summed E-state index contributed by atoms with van der Waals surface area (Å²) < 4.78 is 12.0. The minimum atomic E-state index is -0.586. The minimum Gasteiger partial charge on any atom is -0.389 e. The Hall–Kier alpha value is -0.120. The topological polar surface area (TPSA) is 38.7 Å². The van der Waals surface area contributed by atoms with Crippen LogP contribution in [0.25, 0.3) is 0 Å². The fourth-order valence-electron chi connectivity index (χ4n) is 4.64. The molecule has 2 saturated heterocycles. The molecule has 1 aliphatic carbocycles. The second-order valence-corrected chi connectivity index (χ2v) is 6.22. The van der Waals surface area contributed by atoms with E-state index in [1.54, 1.807) is 0 Å². The normalized spacial score (nSPS) is 57.2. The van der Waals surface area contributed by atoms with Crippen LogP contribution in [-0.2, 0) is 9.47 Å². The third kappa shape index (κ3) is 1.28. The molecule has 98 valence electrons. The molecule has 0 radical (unpaired) electrons. The quantitative estimate of drug-likeness (QED) is 0.803. The first-order valence-electron chi connectivity index (χ1n) is 7.03. The number of ether oxygens (including phenoxy) is 2. The van der Waals surface area contributed by atoms with Gasteiger partial charge in [-0.2, -0.15) is 0 Å². The molecule has 0 aromatic heterocycles. The molecule has 2 bridgehead atoms. The van der Waals surface area contributed by atoms with Crippen molar-refractivity contribution in [2.45, 2.75) is 70.4 Å². The Bertz CT molecular complexity index is 319. The molecule has 2 heterocycles. The van der Waals surface area contributed by atoms with Gasteiger partial charge in [0.2, 0.25) is 0 Å². The lowest BCUT2D eigenvalue weighted by atomic mass is 9.64. The maximum Gasteiger partial charge on any atom is 0.0801 e. The summed E-state index contributed by atoms with van der Waals surface area (Å²) in [6.45, 7) is 7.09. The highest BCUT2D eigenvalue weighted by molar-refractivity contribution is 5.18. The Morgan fingerprint density at radius 2 is 2.12 bits per heavy atom. The van der Waals surface area contributed by atoms with Gasteiger partial charge in [0.05, 0.1) is 23.9 Å². The minimum absolute atomic E-state index is 0.156. The Morgan fingerprint density at radius 1 is 1.35 bits per heavy atom. The number of hydrogen-bond donors (Lipinski definition) is 1. The van der Waals surface area contributed by atoms with Gasteiger partial charge in [0, 0.05) is 17.9 Å². The van der Waals surface area contributed by atoms with Crippen LogP contribution in [0, 0.1) is 11.3 Å². The second kappa shape index (κ2) is 3.69. The third-order valence-electron chi connectivity index (χ3n) is 5.79. The van der Waals surface area contributed by atoms with E-state index >= 15 is 0 Å². The van der Waals surface area contributed by atoms with Crippen molar-refractivity contribution < 1.29 is 14.6 Å². The number of hydrogen-bond acceptors (Lipinski definition) is 3. The van der Waals surface area contributed by atoms with Crippen LogP contribution in [0.1, 0.15) is 46.5 Å². The van der Waals surface area contributed by atoms with Crippen molar-refractivity contribution in [2.24, 2.45) is 11.3 Å². The first-order valence-corrected chi connectivity index (χ1v) is 7.03. The van der Waals surface area contributed by atoms with E-state index in [4.69, 9.17) is 9.47 Å². The Labute approximate surface area is 103 Å². The van der Waals surface area contributed by atoms with Crippen LogP contribution in [0.2, 0.25) is 0 Å². The zero-order valence-corrected chi connectivity index (χ0v) is 11.1. The van der Waals surface area contributed by atoms with Gasteiger partial charge in [-0.3, -0.25) is 0 Å². The molecule has 17 heavy (non-hydrogen) atoms. The average Bonchev–Trinajstić information content (AvgIpc) is 2.86. The summed E-state index contributed by atoms with van der Waals surface area (Å²) in [5.74, 6) is 0.233. The molecule has 0 spiro atoms. The smallest absolute Gasteiger partial charge is 0.0801 e. The largest absolute Gasteiger partial charge is 0.389 e. The predicted molar refractivity (Wildman–Crippen MR) is 64.8 cm³/mol. The van der Waals surface area contributed by atoms with Gasteiger partial charge in [0.25, 0.3) is 0 Å². The predicted octanol–water partition coefficient (Wildman–Crippen LogP) is 2.12. The van der Waals surface area contributed by atoms with Crippen molar-refractivity contribution >= 4 is 0 Å². The second-order valence-electron chi connectivity index (χ2n) is 6.22. The summed E-state index contributed by atoms with van der Waals surface area (Å²) in [6.07, 6.45) is 4.62. The van der Waals surface area contributed by atoms with Crippen molar-refractivity contribution in [2.75, 3.05) is 6.61 Å². The van der Waals surface area contributed by atoms with Crippen LogP contribution in [0.3, 0.4) is 0 Å². The molecular weight excluding hydrogens is 216 g/mol. The van der Waals surface area contributed by atoms with Crippen LogP contribution in [0.15, 0.2) is 0 Å².